The maximum absolute atomic E-state index is 13.1. The number of rotatable bonds is 3. The van der Waals surface area contributed by atoms with Crippen molar-refractivity contribution in [3.05, 3.63) is 58.9 Å². The van der Waals surface area contributed by atoms with Crippen molar-refractivity contribution in [2.45, 2.75) is 17.9 Å². The molecule has 1 aliphatic rings. The summed E-state index contributed by atoms with van der Waals surface area (Å²) in [7, 11) is -3.67. The van der Waals surface area contributed by atoms with Gasteiger partial charge in [-0.1, -0.05) is 23.7 Å². The number of aromatic nitrogens is 1. The highest BCUT2D eigenvalue weighted by molar-refractivity contribution is 7.89. The smallest absolute Gasteiger partial charge is 0.245 e. The standard InChI is InChI=1S/C16H18ClN3O2S/c1-12-4-5-16(14(17)9-12)23(21,22)20-8-7-19-11-15(20)13-3-2-6-18-10-13/h2-6,9-10,15,19H,7-8,11H2,1H3. The first-order chi connectivity index (χ1) is 11.0. The topological polar surface area (TPSA) is 62.3 Å². The van der Waals surface area contributed by atoms with Crippen molar-refractivity contribution in [1.29, 1.82) is 0 Å². The molecule has 122 valence electrons. The van der Waals surface area contributed by atoms with E-state index in [4.69, 9.17) is 11.6 Å². The molecule has 1 aliphatic heterocycles. The fourth-order valence-corrected chi connectivity index (χ4v) is 4.96. The summed E-state index contributed by atoms with van der Waals surface area (Å²) >= 11 is 6.19. The van der Waals surface area contributed by atoms with Crippen LogP contribution in [0.15, 0.2) is 47.6 Å². The highest BCUT2D eigenvalue weighted by atomic mass is 35.5. The fraction of sp³-hybridized carbons (Fsp3) is 0.312. The average Bonchev–Trinajstić information content (AvgIpc) is 2.55. The molecule has 1 saturated heterocycles. The van der Waals surface area contributed by atoms with E-state index in [2.05, 4.69) is 10.3 Å². The second kappa shape index (κ2) is 6.57. The number of nitrogens with one attached hydrogen (secondary N) is 1. The zero-order chi connectivity index (χ0) is 16.4. The lowest BCUT2D eigenvalue weighted by Crippen LogP contribution is -2.48. The number of hydrogen-bond donors (Lipinski definition) is 1. The fourth-order valence-electron chi connectivity index (χ4n) is 2.77. The van der Waals surface area contributed by atoms with Crippen LogP contribution in [0.2, 0.25) is 5.02 Å². The Kier molecular flexibility index (Phi) is 4.68. The van der Waals surface area contributed by atoms with Crippen LogP contribution in [0.1, 0.15) is 17.2 Å². The van der Waals surface area contributed by atoms with Crippen molar-refractivity contribution in [1.82, 2.24) is 14.6 Å². The molecule has 0 radical (unpaired) electrons. The van der Waals surface area contributed by atoms with Gasteiger partial charge in [-0.15, -0.1) is 0 Å². The molecule has 2 heterocycles. The predicted octanol–water partition coefficient (Wildman–Crippen LogP) is 2.38. The number of benzene rings is 1. The quantitative estimate of drug-likeness (QED) is 0.922. The summed E-state index contributed by atoms with van der Waals surface area (Å²) in [6, 6.07) is 8.43. The molecular weight excluding hydrogens is 334 g/mol. The van der Waals surface area contributed by atoms with Crippen LogP contribution in [0, 0.1) is 6.92 Å². The summed E-state index contributed by atoms with van der Waals surface area (Å²) in [5.74, 6) is 0. The van der Waals surface area contributed by atoms with Crippen molar-refractivity contribution < 1.29 is 8.42 Å². The van der Waals surface area contributed by atoms with E-state index in [9.17, 15) is 8.42 Å². The van der Waals surface area contributed by atoms with Crippen LogP contribution in [-0.2, 0) is 10.0 Å². The zero-order valence-electron chi connectivity index (χ0n) is 12.7. The average molecular weight is 352 g/mol. The molecule has 1 aromatic heterocycles. The van der Waals surface area contributed by atoms with Gasteiger partial charge in [0.1, 0.15) is 4.90 Å². The molecule has 1 unspecified atom stereocenters. The van der Waals surface area contributed by atoms with E-state index in [-0.39, 0.29) is 16.0 Å². The van der Waals surface area contributed by atoms with Gasteiger partial charge in [-0.25, -0.2) is 8.42 Å². The van der Waals surface area contributed by atoms with Crippen LogP contribution in [0.5, 0.6) is 0 Å². The lowest BCUT2D eigenvalue weighted by Gasteiger charge is -2.35. The molecule has 0 spiro atoms. The highest BCUT2D eigenvalue weighted by Crippen LogP contribution is 2.32. The Morgan fingerprint density at radius 2 is 2.17 bits per heavy atom. The summed E-state index contributed by atoms with van der Waals surface area (Å²) < 4.78 is 27.7. The van der Waals surface area contributed by atoms with E-state index in [0.29, 0.717) is 19.6 Å². The molecule has 1 N–H and O–H groups in total. The van der Waals surface area contributed by atoms with E-state index >= 15 is 0 Å². The Morgan fingerprint density at radius 1 is 1.35 bits per heavy atom. The molecule has 5 nitrogen and oxygen atoms in total. The molecule has 0 bridgehead atoms. The second-order valence-corrected chi connectivity index (χ2v) is 7.82. The Labute approximate surface area is 141 Å². The molecular formula is C16H18ClN3O2S. The van der Waals surface area contributed by atoms with Crippen LogP contribution in [0.4, 0.5) is 0 Å². The minimum atomic E-state index is -3.67. The number of hydrogen-bond acceptors (Lipinski definition) is 4. The second-order valence-electron chi connectivity index (χ2n) is 5.56. The van der Waals surface area contributed by atoms with E-state index in [1.165, 1.54) is 4.31 Å². The first-order valence-corrected chi connectivity index (χ1v) is 9.20. The molecule has 0 aliphatic carbocycles. The van der Waals surface area contributed by atoms with Gasteiger partial charge >= 0.3 is 0 Å². The van der Waals surface area contributed by atoms with Crippen LogP contribution < -0.4 is 5.32 Å². The third-order valence-corrected chi connectivity index (χ3v) is 6.33. The summed E-state index contributed by atoms with van der Waals surface area (Å²) in [6.45, 7) is 3.44. The summed E-state index contributed by atoms with van der Waals surface area (Å²) in [5.41, 5.74) is 1.80. The molecule has 1 aromatic carbocycles. The van der Waals surface area contributed by atoms with Crippen LogP contribution in [0.3, 0.4) is 0 Å². The number of aryl methyl sites for hydroxylation is 1. The molecule has 2 aromatic rings. The van der Waals surface area contributed by atoms with Crippen molar-refractivity contribution in [3.63, 3.8) is 0 Å². The Morgan fingerprint density at radius 3 is 2.87 bits per heavy atom. The SMILES string of the molecule is Cc1ccc(S(=O)(=O)N2CCNCC2c2cccnc2)c(Cl)c1. The maximum Gasteiger partial charge on any atom is 0.245 e. The molecule has 1 atom stereocenters. The van der Waals surface area contributed by atoms with Gasteiger partial charge < -0.3 is 5.32 Å². The predicted molar refractivity (Wildman–Crippen MR) is 89.9 cm³/mol. The van der Waals surface area contributed by atoms with E-state index in [0.717, 1.165) is 11.1 Å². The van der Waals surface area contributed by atoms with E-state index in [1.54, 1.807) is 30.6 Å². The Bertz CT molecular complexity index is 796. The molecule has 23 heavy (non-hydrogen) atoms. The van der Waals surface area contributed by atoms with Gasteiger partial charge in [-0.3, -0.25) is 4.98 Å². The summed E-state index contributed by atoms with van der Waals surface area (Å²) in [5, 5.41) is 3.50. The van der Waals surface area contributed by atoms with Gasteiger partial charge in [-0.2, -0.15) is 4.31 Å². The molecule has 3 rings (SSSR count). The van der Waals surface area contributed by atoms with Crippen molar-refractivity contribution in [2.24, 2.45) is 0 Å². The molecule has 0 amide bonds. The van der Waals surface area contributed by atoms with E-state index < -0.39 is 10.0 Å². The monoisotopic (exact) mass is 351 g/mol. The third-order valence-electron chi connectivity index (χ3n) is 3.94. The number of halogens is 1. The molecule has 1 fully saturated rings. The van der Waals surface area contributed by atoms with Crippen LogP contribution in [-0.4, -0.2) is 37.3 Å². The minimum Gasteiger partial charge on any atom is -0.313 e. The van der Waals surface area contributed by atoms with Gasteiger partial charge in [0.25, 0.3) is 0 Å². The first-order valence-electron chi connectivity index (χ1n) is 7.39. The molecule has 0 saturated carbocycles. The summed E-state index contributed by atoms with van der Waals surface area (Å²) in [4.78, 5) is 4.26. The maximum atomic E-state index is 13.1. The summed E-state index contributed by atoms with van der Waals surface area (Å²) in [6.07, 6.45) is 3.38. The highest BCUT2D eigenvalue weighted by Gasteiger charge is 2.35. The minimum absolute atomic E-state index is 0.153. The first kappa shape index (κ1) is 16.4. The number of sulfonamides is 1. The van der Waals surface area contributed by atoms with Gasteiger partial charge in [0, 0.05) is 32.0 Å². The van der Waals surface area contributed by atoms with E-state index in [1.807, 2.05) is 19.1 Å². The number of piperazine rings is 1. The van der Waals surface area contributed by atoms with Crippen molar-refractivity contribution in [3.8, 4) is 0 Å². The lowest BCUT2D eigenvalue weighted by molar-refractivity contribution is 0.271. The van der Waals surface area contributed by atoms with Crippen LogP contribution in [0.25, 0.3) is 0 Å². The normalized spacial score (nSPS) is 19.7. The van der Waals surface area contributed by atoms with Gasteiger partial charge in [-0.05, 0) is 36.2 Å². The van der Waals surface area contributed by atoms with Gasteiger partial charge in [0.2, 0.25) is 10.0 Å². The Hall–Kier alpha value is -1.47. The number of pyridine rings is 1. The van der Waals surface area contributed by atoms with Crippen molar-refractivity contribution in [2.75, 3.05) is 19.6 Å². The number of nitrogens with zero attached hydrogens (tertiary/aromatic N) is 2. The molecule has 7 heteroatoms. The zero-order valence-corrected chi connectivity index (χ0v) is 14.3. The van der Waals surface area contributed by atoms with Crippen LogP contribution >= 0.6 is 11.6 Å². The lowest BCUT2D eigenvalue weighted by atomic mass is 10.1. The van der Waals surface area contributed by atoms with Gasteiger partial charge in [0.05, 0.1) is 11.1 Å². The van der Waals surface area contributed by atoms with Gasteiger partial charge in [0.15, 0.2) is 0 Å². The Balaban J connectivity index is 2.02. The largest absolute Gasteiger partial charge is 0.313 e. The third kappa shape index (κ3) is 3.26. The van der Waals surface area contributed by atoms with Crippen molar-refractivity contribution >= 4 is 21.6 Å².